The number of nitrogens with zero attached hydrogens (tertiary/aromatic N) is 1. The summed E-state index contributed by atoms with van der Waals surface area (Å²) in [4.78, 5) is 12.2. The normalized spacial score (nSPS) is 40.2. The molecule has 66 valence electrons. The molecule has 2 heterocycles. The van der Waals surface area contributed by atoms with E-state index in [0.717, 1.165) is 0 Å². The van der Waals surface area contributed by atoms with E-state index in [1.54, 1.807) is 0 Å². The van der Waals surface area contributed by atoms with E-state index in [0.29, 0.717) is 0 Å². The molecule has 1 amide bonds. The maximum atomic E-state index is 11.3. The average molecular weight is 188 g/mol. The Morgan fingerprint density at radius 1 is 1.83 bits per heavy atom. The van der Waals surface area contributed by atoms with E-state index < -0.39 is 22.6 Å². The second-order valence-corrected chi connectivity index (χ2v) is 4.34. The van der Waals surface area contributed by atoms with Crippen molar-refractivity contribution in [3.05, 3.63) is 12.0 Å². The topological polar surface area (TPSA) is 89.6 Å². The largest absolute Gasteiger partial charge is 0.614 e. The third-order valence-corrected chi connectivity index (χ3v) is 3.61. The van der Waals surface area contributed by atoms with Crippen molar-refractivity contribution in [3.63, 3.8) is 0 Å². The van der Waals surface area contributed by atoms with Gasteiger partial charge in [0.1, 0.15) is 0 Å². The van der Waals surface area contributed by atoms with Crippen molar-refractivity contribution >= 4 is 17.1 Å². The van der Waals surface area contributed by atoms with E-state index >= 15 is 0 Å². The number of nitrogens with two attached hydrogens (primary N) is 1. The highest BCUT2D eigenvalue weighted by atomic mass is 32.2. The third kappa shape index (κ3) is 0.855. The Kier molecular flexibility index (Phi) is 1.57. The van der Waals surface area contributed by atoms with Gasteiger partial charge >= 0.3 is 0 Å². The molecule has 2 aliphatic rings. The molecule has 0 aliphatic carbocycles. The van der Waals surface area contributed by atoms with Crippen LogP contribution in [0, 0.1) is 0 Å². The quantitative estimate of drug-likeness (QED) is 0.363. The number of hydrogen-bond acceptors (Lipinski definition) is 4. The van der Waals surface area contributed by atoms with Crippen LogP contribution in [0.15, 0.2) is 12.0 Å². The van der Waals surface area contributed by atoms with E-state index in [1.165, 1.54) is 11.1 Å². The first-order valence-electron chi connectivity index (χ1n) is 3.46. The first-order chi connectivity index (χ1) is 5.61. The number of amides is 1. The van der Waals surface area contributed by atoms with Gasteiger partial charge in [-0.05, 0) is 11.2 Å². The summed E-state index contributed by atoms with van der Waals surface area (Å²) >= 11 is -1.25. The minimum Gasteiger partial charge on any atom is -0.614 e. The van der Waals surface area contributed by atoms with Crippen LogP contribution in [-0.4, -0.2) is 37.6 Å². The van der Waals surface area contributed by atoms with Crippen LogP contribution in [-0.2, 0) is 16.0 Å². The van der Waals surface area contributed by atoms with Gasteiger partial charge in [-0.3, -0.25) is 9.69 Å². The molecule has 0 saturated carbocycles. The molecule has 0 aromatic carbocycles. The summed E-state index contributed by atoms with van der Waals surface area (Å²) in [5.74, 6) is -0.202. The van der Waals surface area contributed by atoms with E-state index in [2.05, 4.69) is 0 Å². The zero-order valence-corrected chi connectivity index (χ0v) is 6.95. The Bertz CT molecular complexity index is 268. The number of aliphatic hydroxyl groups excluding tert-OH is 1. The summed E-state index contributed by atoms with van der Waals surface area (Å²) in [7, 11) is 0. The van der Waals surface area contributed by atoms with Crippen molar-refractivity contribution in [2.45, 2.75) is 11.4 Å². The van der Waals surface area contributed by atoms with Gasteiger partial charge in [-0.1, -0.05) is 0 Å². The summed E-state index contributed by atoms with van der Waals surface area (Å²) < 4.78 is 11.3. The highest BCUT2D eigenvalue weighted by molar-refractivity contribution is 7.92. The van der Waals surface area contributed by atoms with Gasteiger partial charge in [-0.25, -0.2) is 0 Å². The minimum atomic E-state index is -1.25. The molecular weight excluding hydrogens is 180 g/mol. The van der Waals surface area contributed by atoms with Crippen LogP contribution in [0.2, 0.25) is 0 Å². The Morgan fingerprint density at radius 3 is 3.17 bits per heavy atom. The SMILES string of the molecule is NC1C(=O)N2C=C(O)C[S+]([O-])[C@@H]12. The lowest BCUT2D eigenvalue weighted by molar-refractivity contribution is -0.140. The number of β-lactam (4-membered cyclic amide) rings is 1. The fourth-order valence-electron chi connectivity index (χ4n) is 1.37. The van der Waals surface area contributed by atoms with Gasteiger partial charge in [0.2, 0.25) is 5.37 Å². The fourth-order valence-corrected chi connectivity index (χ4v) is 2.76. The summed E-state index contributed by atoms with van der Waals surface area (Å²) in [5.41, 5.74) is 5.42. The molecule has 0 bridgehead atoms. The Balaban J connectivity index is 2.25. The smallest absolute Gasteiger partial charge is 0.254 e. The molecule has 3 atom stereocenters. The highest BCUT2D eigenvalue weighted by Crippen LogP contribution is 2.29. The van der Waals surface area contributed by atoms with E-state index in [1.807, 2.05) is 0 Å². The molecule has 0 spiro atoms. The molecule has 1 saturated heterocycles. The molecule has 1 fully saturated rings. The van der Waals surface area contributed by atoms with Crippen LogP contribution in [0.1, 0.15) is 0 Å². The molecule has 12 heavy (non-hydrogen) atoms. The van der Waals surface area contributed by atoms with Gasteiger partial charge in [0.25, 0.3) is 5.91 Å². The van der Waals surface area contributed by atoms with E-state index in [9.17, 15) is 9.35 Å². The number of rotatable bonds is 0. The molecule has 3 N–H and O–H groups in total. The zero-order chi connectivity index (χ0) is 8.88. The van der Waals surface area contributed by atoms with Crippen LogP contribution < -0.4 is 5.73 Å². The lowest BCUT2D eigenvalue weighted by Crippen LogP contribution is -2.70. The van der Waals surface area contributed by atoms with Crippen molar-refractivity contribution in [3.8, 4) is 0 Å². The van der Waals surface area contributed by atoms with Crippen molar-refractivity contribution in [1.82, 2.24) is 4.90 Å². The molecule has 6 heteroatoms. The van der Waals surface area contributed by atoms with Gasteiger partial charge in [0.15, 0.2) is 17.6 Å². The van der Waals surface area contributed by atoms with Crippen LogP contribution in [0.3, 0.4) is 0 Å². The second-order valence-electron chi connectivity index (χ2n) is 2.81. The molecule has 0 aromatic rings. The third-order valence-electron chi connectivity index (χ3n) is 1.97. The highest BCUT2D eigenvalue weighted by Gasteiger charge is 2.54. The Labute approximate surface area is 72.0 Å². The number of fused-ring (bicyclic) bond motifs is 1. The van der Waals surface area contributed by atoms with Crippen LogP contribution in [0.5, 0.6) is 0 Å². The van der Waals surface area contributed by atoms with Gasteiger partial charge < -0.3 is 15.4 Å². The standard InChI is InChI=1S/C6H8N2O3S/c7-4-5(10)8-1-3(9)2-12(11)6(4)8/h1,4,6,9H,2,7H2/t4?,6-,12?/m0/s1. The van der Waals surface area contributed by atoms with Crippen molar-refractivity contribution in [2.75, 3.05) is 5.75 Å². The first kappa shape index (κ1) is 7.90. The first-order valence-corrected chi connectivity index (χ1v) is 4.84. The monoisotopic (exact) mass is 188 g/mol. The number of carbonyl (C=O) groups is 1. The molecule has 0 aromatic heterocycles. The molecule has 5 nitrogen and oxygen atoms in total. The minimum absolute atomic E-state index is 0.0233. The molecule has 2 unspecified atom stereocenters. The lowest BCUT2D eigenvalue weighted by atomic mass is 10.1. The number of aliphatic hydroxyl groups is 1. The number of carbonyl (C=O) groups excluding carboxylic acids is 1. The maximum Gasteiger partial charge on any atom is 0.254 e. The number of hydrogen-bond donors (Lipinski definition) is 2. The summed E-state index contributed by atoms with van der Waals surface area (Å²) in [5, 5.41) is 8.62. The predicted molar refractivity (Wildman–Crippen MR) is 42.3 cm³/mol. The Morgan fingerprint density at radius 2 is 2.50 bits per heavy atom. The molecular formula is C6H8N2O3S. The van der Waals surface area contributed by atoms with Gasteiger partial charge in [-0.2, -0.15) is 0 Å². The average Bonchev–Trinajstić information content (AvgIpc) is 2.02. The van der Waals surface area contributed by atoms with E-state index in [-0.39, 0.29) is 17.4 Å². The molecule has 2 rings (SSSR count). The van der Waals surface area contributed by atoms with Gasteiger partial charge in [-0.15, -0.1) is 0 Å². The lowest BCUT2D eigenvalue weighted by Gasteiger charge is -2.44. The summed E-state index contributed by atoms with van der Waals surface area (Å²) in [6.45, 7) is 0. The summed E-state index contributed by atoms with van der Waals surface area (Å²) in [6.07, 6.45) is 1.30. The fraction of sp³-hybridized carbons (Fsp3) is 0.500. The Hall–Kier alpha value is -0.720. The van der Waals surface area contributed by atoms with Gasteiger partial charge in [0, 0.05) is 0 Å². The van der Waals surface area contributed by atoms with Crippen molar-refractivity contribution in [2.24, 2.45) is 5.73 Å². The van der Waals surface area contributed by atoms with Crippen LogP contribution in [0.25, 0.3) is 0 Å². The van der Waals surface area contributed by atoms with E-state index in [4.69, 9.17) is 10.8 Å². The van der Waals surface area contributed by atoms with Crippen molar-refractivity contribution < 1.29 is 14.5 Å². The maximum absolute atomic E-state index is 11.3. The van der Waals surface area contributed by atoms with Crippen LogP contribution in [0.4, 0.5) is 0 Å². The summed E-state index contributed by atoms with van der Waals surface area (Å²) in [6, 6.07) is -0.657. The van der Waals surface area contributed by atoms with Crippen LogP contribution >= 0.6 is 0 Å². The molecule has 0 radical (unpaired) electrons. The zero-order valence-electron chi connectivity index (χ0n) is 6.14. The van der Waals surface area contributed by atoms with Gasteiger partial charge in [0.05, 0.1) is 6.20 Å². The van der Waals surface area contributed by atoms with Crippen molar-refractivity contribution in [1.29, 1.82) is 0 Å². The second kappa shape index (κ2) is 2.38. The molecule has 2 aliphatic heterocycles. The predicted octanol–water partition coefficient (Wildman–Crippen LogP) is -1.36.